The molecule has 1 aromatic carbocycles. The lowest BCUT2D eigenvalue weighted by atomic mass is 10.1. The zero-order valence-electron chi connectivity index (χ0n) is 17.0. The van der Waals surface area contributed by atoms with Crippen LogP contribution >= 0.6 is 11.3 Å². The Morgan fingerprint density at radius 2 is 1.81 bits per heavy atom. The Hall–Kier alpha value is -2.05. The van der Waals surface area contributed by atoms with E-state index >= 15 is 0 Å². The number of benzene rings is 1. The Balaban J connectivity index is 2.21. The summed E-state index contributed by atoms with van der Waals surface area (Å²) >= 11 is 1.47. The predicted octanol–water partition coefficient (Wildman–Crippen LogP) is 4.63. The summed E-state index contributed by atoms with van der Waals surface area (Å²) in [6.07, 6.45) is -0.0344. The van der Waals surface area contributed by atoms with Crippen molar-refractivity contribution in [2.24, 2.45) is 0 Å². The van der Waals surface area contributed by atoms with Crippen molar-refractivity contribution in [3.63, 3.8) is 0 Å². The highest BCUT2D eigenvalue weighted by Crippen LogP contribution is 2.36. The summed E-state index contributed by atoms with van der Waals surface area (Å²) < 4.78 is 11.6. The zero-order valence-corrected chi connectivity index (χ0v) is 17.9. The van der Waals surface area contributed by atoms with Gasteiger partial charge in [0.2, 0.25) is 0 Å². The van der Waals surface area contributed by atoms with Crippen LogP contribution in [0.5, 0.6) is 11.5 Å². The number of thiophene rings is 1. The highest BCUT2D eigenvalue weighted by Gasteiger charge is 2.16. The highest BCUT2D eigenvalue weighted by atomic mass is 32.1. The first-order chi connectivity index (χ1) is 12.9. The van der Waals surface area contributed by atoms with Gasteiger partial charge in [-0.1, -0.05) is 13.8 Å². The number of carbonyl (C=O) groups is 1. The molecule has 0 aliphatic carbocycles. The fraction of sp³-hybridized carbons (Fsp3) is 0.476. The third-order valence-corrected chi connectivity index (χ3v) is 5.45. The maximum absolute atomic E-state index is 12.2. The molecule has 2 rings (SSSR count). The number of hydrogen-bond donors (Lipinski definition) is 1. The minimum absolute atomic E-state index is 0.0344. The highest BCUT2D eigenvalue weighted by molar-refractivity contribution is 7.17. The van der Waals surface area contributed by atoms with Crippen molar-refractivity contribution in [1.29, 1.82) is 0 Å². The molecule has 0 fully saturated rings. The Kier molecular flexibility index (Phi) is 7.68. The van der Waals surface area contributed by atoms with Crippen LogP contribution < -0.4 is 14.8 Å². The number of methoxy groups -OCH3 is 1. The first kappa shape index (κ1) is 21.3. The summed E-state index contributed by atoms with van der Waals surface area (Å²) in [5, 5.41) is 2.92. The molecule has 1 amide bonds. The molecule has 0 spiro atoms. The van der Waals surface area contributed by atoms with Crippen molar-refractivity contribution in [3.8, 4) is 21.9 Å². The quantitative estimate of drug-likeness (QED) is 0.634. The van der Waals surface area contributed by atoms with Crippen molar-refractivity contribution < 1.29 is 14.3 Å². The van der Waals surface area contributed by atoms with Gasteiger partial charge in [0.05, 0.1) is 12.0 Å². The van der Waals surface area contributed by atoms with Crippen molar-refractivity contribution in [1.82, 2.24) is 10.2 Å². The zero-order chi connectivity index (χ0) is 20.0. The Bertz CT molecular complexity index is 754. The number of nitrogens with one attached hydrogen (secondary N) is 1. The van der Waals surface area contributed by atoms with Gasteiger partial charge in [-0.3, -0.25) is 9.69 Å². The fourth-order valence-electron chi connectivity index (χ4n) is 2.86. The molecule has 1 N–H and O–H groups in total. The van der Waals surface area contributed by atoms with Gasteiger partial charge in [-0.25, -0.2) is 0 Å². The standard InChI is InChI=1S/C21H30N2O3S/c1-7-23(8-2)15(5)26-17-10-9-16(13-18(17)25-6)19-11-12-20(27-19)21(24)22-14(3)4/h9-15H,7-8H2,1-6H3,(H,22,24). The minimum atomic E-state index is -0.0405. The van der Waals surface area contributed by atoms with Gasteiger partial charge in [-0.05, 0) is 69.8 Å². The molecule has 0 saturated heterocycles. The molecule has 0 bridgehead atoms. The van der Waals surface area contributed by atoms with Crippen LogP contribution in [0, 0.1) is 0 Å². The molecule has 1 heterocycles. The van der Waals surface area contributed by atoms with Crippen molar-refractivity contribution in [2.75, 3.05) is 20.2 Å². The second kappa shape index (κ2) is 9.76. The van der Waals surface area contributed by atoms with Gasteiger partial charge in [0.1, 0.15) is 6.23 Å². The van der Waals surface area contributed by atoms with Crippen molar-refractivity contribution in [2.45, 2.75) is 46.9 Å². The van der Waals surface area contributed by atoms with Crippen LogP contribution in [-0.4, -0.2) is 43.3 Å². The Labute approximate surface area is 166 Å². The molecular formula is C21H30N2O3S. The number of nitrogens with zero attached hydrogens (tertiary/aromatic N) is 1. The molecule has 6 heteroatoms. The normalized spacial score (nSPS) is 12.3. The second-order valence-corrected chi connectivity index (χ2v) is 7.68. The summed E-state index contributed by atoms with van der Waals surface area (Å²) in [6.45, 7) is 12.0. The van der Waals surface area contributed by atoms with Crippen LogP contribution in [-0.2, 0) is 0 Å². The van der Waals surface area contributed by atoms with Crippen molar-refractivity contribution >= 4 is 17.2 Å². The average Bonchev–Trinajstić information content (AvgIpc) is 3.13. The van der Waals surface area contributed by atoms with E-state index in [0.717, 1.165) is 29.3 Å². The molecule has 1 atom stereocenters. The summed E-state index contributed by atoms with van der Waals surface area (Å²) in [5.74, 6) is 1.37. The lowest BCUT2D eigenvalue weighted by Crippen LogP contribution is -2.36. The first-order valence-corrected chi connectivity index (χ1v) is 10.2. The van der Waals surface area contributed by atoms with Gasteiger partial charge < -0.3 is 14.8 Å². The molecule has 148 valence electrons. The molecule has 0 saturated carbocycles. The van der Waals surface area contributed by atoms with Gasteiger partial charge in [0.25, 0.3) is 5.91 Å². The molecule has 1 aromatic heterocycles. The van der Waals surface area contributed by atoms with E-state index < -0.39 is 0 Å². The number of ether oxygens (including phenoxy) is 2. The van der Waals surface area contributed by atoms with Crippen LogP contribution in [0.3, 0.4) is 0 Å². The number of rotatable bonds is 9. The van der Waals surface area contributed by atoms with Crippen LogP contribution in [0.25, 0.3) is 10.4 Å². The number of carbonyl (C=O) groups excluding carboxylic acids is 1. The average molecular weight is 391 g/mol. The van der Waals surface area contributed by atoms with Crippen LogP contribution in [0.15, 0.2) is 30.3 Å². The molecule has 5 nitrogen and oxygen atoms in total. The van der Waals surface area contributed by atoms with Gasteiger partial charge in [0.15, 0.2) is 11.5 Å². The molecule has 1 unspecified atom stereocenters. The van der Waals surface area contributed by atoms with Crippen LogP contribution in [0.2, 0.25) is 0 Å². The lowest BCUT2D eigenvalue weighted by molar-refractivity contribution is 0.0458. The summed E-state index contributed by atoms with van der Waals surface area (Å²) in [6, 6.07) is 9.84. The van der Waals surface area contributed by atoms with Gasteiger partial charge >= 0.3 is 0 Å². The van der Waals surface area contributed by atoms with E-state index in [-0.39, 0.29) is 18.2 Å². The minimum Gasteiger partial charge on any atom is -0.493 e. The third kappa shape index (κ3) is 5.47. The van der Waals surface area contributed by atoms with E-state index in [9.17, 15) is 4.79 Å². The molecule has 0 radical (unpaired) electrons. The molecule has 2 aromatic rings. The lowest BCUT2D eigenvalue weighted by Gasteiger charge is -2.27. The molecule has 27 heavy (non-hydrogen) atoms. The molecule has 0 aliphatic rings. The summed E-state index contributed by atoms with van der Waals surface area (Å²) in [5.41, 5.74) is 1.00. The maximum atomic E-state index is 12.2. The summed E-state index contributed by atoms with van der Waals surface area (Å²) in [4.78, 5) is 16.1. The number of hydrogen-bond acceptors (Lipinski definition) is 5. The topological polar surface area (TPSA) is 50.8 Å². The Morgan fingerprint density at radius 1 is 1.11 bits per heavy atom. The van der Waals surface area contributed by atoms with E-state index in [0.29, 0.717) is 10.6 Å². The number of amides is 1. The summed E-state index contributed by atoms with van der Waals surface area (Å²) in [7, 11) is 1.64. The fourth-order valence-corrected chi connectivity index (χ4v) is 3.77. The monoisotopic (exact) mass is 390 g/mol. The predicted molar refractivity (Wildman–Crippen MR) is 112 cm³/mol. The van der Waals surface area contributed by atoms with E-state index in [1.807, 2.05) is 51.1 Å². The van der Waals surface area contributed by atoms with Gasteiger partial charge in [0, 0.05) is 10.9 Å². The second-order valence-electron chi connectivity index (χ2n) is 6.60. The van der Waals surface area contributed by atoms with E-state index in [1.54, 1.807) is 7.11 Å². The van der Waals surface area contributed by atoms with Gasteiger partial charge in [-0.2, -0.15) is 0 Å². The van der Waals surface area contributed by atoms with E-state index in [2.05, 4.69) is 24.1 Å². The third-order valence-electron chi connectivity index (χ3n) is 4.32. The molecular weight excluding hydrogens is 360 g/mol. The van der Waals surface area contributed by atoms with E-state index in [4.69, 9.17) is 9.47 Å². The van der Waals surface area contributed by atoms with Crippen LogP contribution in [0.1, 0.15) is 44.3 Å². The Morgan fingerprint density at radius 3 is 2.41 bits per heavy atom. The smallest absolute Gasteiger partial charge is 0.261 e. The first-order valence-electron chi connectivity index (χ1n) is 9.39. The SMILES string of the molecule is CCN(CC)C(C)Oc1ccc(-c2ccc(C(=O)NC(C)C)s2)cc1OC. The van der Waals surface area contributed by atoms with Crippen molar-refractivity contribution in [3.05, 3.63) is 35.2 Å². The van der Waals surface area contributed by atoms with E-state index in [1.165, 1.54) is 11.3 Å². The van der Waals surface area contributed by atoms with Gasteiger partial charge in [-0.15, -0.1) is 11.3 Å². The molecule has 0 aliphatic heterocycles. The largest absolute Gasteiger partial charge is 0.493 e. The maximum Gasteiger partial charge on any atom is 0.261 e. The van der Waals surface area contributed by atoms with Crippen LogP contribution in [0.4, 0.5) is 0 Å².